The van der Waals surface area contributed by atoms with E-state index in [0.717, 1.165) is 0 Å². The van der Waals surface area contributed by atoms with Gasteiger partial charge in [-0.1, -0.05) is 40.5 Å². The van der Waals surface area contributed by atoms with Crippen molar-refractivity contribution in [1.29, 1.82) is 0 Å². The van der Waals surface area contributed by atoms with Gasteiger partial charge in [-0.2, -0.15) is 0 Å². The van der Waals surface area contributed by atoms with Crippen LogP contribution in [0, 0.1) is 11.8 Å². The second kappa shape index (κ2) is 14.8. The Morgan fingerprint density at radius 3 is 1.74 bits per heavy atom. The Kier molecular flexibility index (Phi) is 13.4. The number of carbonyl (C=O) groups is 6. The second-order valence-electron chi connectivity index (χ2n) is 8.42. The molecule has 6 unspecified atom stereocenters. The first-order chi connectivity index (χ1) is 15.7. The number of carbonyl (C=O) groups excluding carboxylic acids is 5. The number of amides is 5. The van der Waals surface area contributed by atoms with Crippen LogP contribution in [0.15, 0.2) is 0 Å². The first kappa shape index (κ1) is 30.8. The number of hydrogen-bond acceptors (Lipinski definition) is 7. The maximum absolute atomic E-state index is 13.0. The monoisotopic (exact) mass is 486 g/mol. The molecule has 0 saturated carbocycles. The molecule has 0 rings (SSSR count). The predicted octanol–water partition coefficient (Wildman–Crippen LogP) is -1.91. The summed E-state index contributed by atoms with van der Waals surface area (Å²) in [5.74, 6) is -5.91. The van der Waals surface area contributed by atoms with Crippen molar-refractivity contribution in [2.75, 3.05) is 0 Å². The fourth-order valence-electron chi connectivity index (χ4n) is 2.95. The number of nitrogens with two attached hydrogens (primary N) is 3. The highest BCUT2D eigenvalue weighted by Gasteiger charge is 2.33. The van der Waals surface area contributed by atoms with Crippen LogP contribution in [0.1, 0.15) is 59.8 Å². The van der Waals surface area contributed by atoms with E-state index in [2.05, 4.69) is 16.0 Å². The van der Waals surface area contributed by atoms with Gasteiger partial charge < -0.3 is 38.3 Å². The van der Waals surface area contributed by atoms with E-state index < -0.39 is 72.0 Å². The first-order valence-electron chi connectivity index (χ1n) is 11.2. The van der Waals surface area contributed by atoms with Crippen LogP contribution >= 0.6 is 0 Å². The molecular formula is C21H38N6O7. The Balaban J connectivity index is 5.67. The smallest absolute Gasteiger partial charge is 0.326 e. The van der Waals surface area contributed by atoms with Crippen molar-refractivity contribution < 1.29 is 33.9 Å². The average molecular weight is 487 g/mol. The summed E-state index contributed by atoms with van der Waals surface area (Å²) in [6.07, 6.45) is 0.0838. The summed E-state index contributed by atoms with van der Waals surface area (Å²) in [6, 6.07) is -4.88. The number of carboxylic acid groups (broad SMARTS) is 1. The Morgan fingerprint density at radius 1 is 0.765 bits per heavy atom. The third kappa shape index (κ3) is 10.6. The number of rotatable bonds is 16. The Hall–Kier alpha value is -3.22. The molecule has 0 spiro atoms. The van der Waals surface area contributed by atoms with E-state index in [9.17, 15) is 33.9 Å². The van der Waals surface area contributed by atoms with Crippen LogP contribution in [-0.4, -0.2) is 64.8 Å². The fraction of sp³-hybridized carbons (Fsp3) is 0.714. The second-order valence-corrected chi connectivity index (χ2v) is 8.42. The van der Waals surface area contributed by atoms with Gasteiger partial charge in [0.15, 0.2) is 0 Å². The Morgan fingerprint density at radius 2 is 1.29 bits per heavy atom. The summed E-state index contributed by atoms with van der Waals surface area (Å²) >= 11 is 0. The summed E-state index contributed by atoms with van der Waals surface area (Å²) in [7, 11) is 0. The molecule has 0 fully saturated rings. The summed E-state index contributed by atoms with van der Waals surface area (Å²) < 4.78 is 0. The molecular weight excluding hydrogens is 448 g/mol. The van der Waals surface area contributed by atoms with Gasteiger partial charge >= 0.3 is 5.97 Å². The lowest BCUT2D eigenvalue weighted by Gasteiger charge is -2.28. The van der Waals surface area contributed by atoms with Crippen molar-refractivity contribution in [3.8, 4) is 0 Å². The van der Waals surface area contributed by atoms with E-state index in [4.69, 9.17) is 17.2 Å². The van der Waals surface area contributed by atoms with Gasteiger partial charge in [0.25, 0.3) is 0 Å². The lowest BCUT2D eigenvalue weighted by molar-refractivity contribution is -0.144. The van der Waals surface area contributed by atoms with Crippen molar-refractivity contribution >= 4 is 35.5 Å². The lowest BCUT2D eigenvalue weighted by atomic mass is 9.96. The molecule has 6 atom stereocenters. The molecule has 10 N–H and O–H groups in total. The van der Waals surface area contributed by atoms with Crippen molar-refractivity contribution in [3.05, 3.63) is 0 Å². The zero-order chi connectivity index (χ0) is 26.6. The summed E-state index contributed by atoms with van der Waals surface area (Å²) in [5.41, 5.74) is 16.1. The molecule has 0 aromatic heterocycles. The van der Waals surface area contributed by atoms with E-state index in [0.29, 0.717) is 12.8 Å². The molecule has 0 heterocycles. The average Bonchev–Trinajstić information content (AvgIpc) is 2.76. The zero-order valence-electron chi connectivity index (χ0n) is 20.1. The normalized spacial score (nSPS) is 16.1. The van der Waals surface area contributed by atoms with Crippen LogP contribution in [-0.2, 0) is 28.8 Å². The maximum Gasteiger partial charge on any atom is 0.326 e. The van der Waals surface area contributed by atoms with Crippen LogP contribution in [0.4, 0.5) is 0 Å². The van der Waals surface area contributed by atoms with Crippen LogP contribution in [0.2, 0.25) is 0 Å². The highest BCUT2D eigenvalue weighted by Crippen LogP contribution is 2.11. The number of hydrogen-bond donors (Lipinski definition) is 7. The van der Waals surface area contributed by atoms with Gasteiger partial charge in [-0.05, 0) is 18.3 Å². The molecule has 0 aliphatic heterocycles. The molecule has 0 bridgehead atoms. The molecule has 0 aromatic carbocycles. The van der Waals surface area contributed by atoms with E-state index in [1.807, 2.05) is 6.92 Å². The van der Waals surface area contributed by atoms with Gasteiger partial charge in [0.05, 0.1) is 12.5 Å². The van der Waals surface area contributed by atoms with Crippen molar-refractivity contribution in [2.24, 2.45) is 29.0 Å². The SMILES string of the molecule is CCC(C)C(N)C(=O)NC(CCC(N)=O)C(=O)NC(C(=O)NC(CC(N)=O)C(=O)O)C(C)CC. The first-order valence-corrected chi connectivity index (χ1v) is 11.2. The van der Waals surface area contributed by atoms with Gasteiger partial charge in [0.1, 0.15) is 18.1 Å². The number of carboxylic acids is 1. The summed E-state index contributed by atoms with van der Waals surface area (Å²) in [6.45, 7) is 7.04. The van der Waals surface area contributed by atoms with Crippen molar-refractivity contribution in [1.82, 2.24) is 16.0 Å². The quantitative estimate of drug-likeness (QED) is 0.129. The highest BCUT2D eigenvalue weighted by molar-refractivity contribution is 5.95. The number of primary amides is 2. The third-order valence-corrected chi connectivity index (χ3v) is 5.69. The Bertz CT molecular complexity index is 760. The van der Waals surface area contributed by atoms with Crippen LogP contribution < -0.4 is 33.2 Å². The molecule has 13 heteroatoms. The minimum Gasteiger partial charge on any atom is -0.480 e. The van der Waals surface area contributed by atoms with E-state index in [1.165, 1.54) is 0 Å². The van der Waals surface area contributed by atoms with Crippen molar-refractivity contribution in [2.45, 2.75) is 84.0 Å². The fourth-order valence-corrected chi connectivity index (χ4v) is 2.95. The van der Waals surface area contributed by atoms with Gasteiger partial charge in [-0.3, -0.25) is 24.0 Å². The van der Waals surface area contributed by atoms with Gasteiger partial charge in [-0.15, -0.1) is 0 Å². The number of aliphatic carboxylic acids is 1. The molecule has 0 aliphatic rings. The molecule has 194 valence electrons. The zero-order valence-corrected chi connectivity index (χ0v) is 20.1. The van der Waals surface area contributed by atoms with E-state index >= 15 is 0 Å². The van der Waals surface area contributed by atoms with Gasteiger partial charge in [0.2, 0.25) is 29.5 Å². The van der Waals surface area contributed by atoms with E-state index in [1.54, 1.807) is 20.8 Å². The molecule has 13 nitrogen and oxygen atoms in total. The minimum absolute atomic E-state index is 0.131. The largest absolute Gasteiger partial charge is 0.480 e. The van der Waals surface area contributed by atoms with Crippen molar-refractivity contribution in [3.63, 3.8) is 0 Å². The third-order valence-electron chi connectivity index (χ3n) is 5.69. The molecule has 0 aromatic rings. The van der Waals surface area contributed by atoms with Gasteiger partial charge in [-0.25, -0.2) is 4.79 Å². The predicted molar refractivity (Wildman–Crippen MR) is 123 cm³/mol. The minimum atomic E-state index is -1.58. The number of nitrogens with one attached hydrogen (secondary N) is 3. The van der Waals surface area contributed by atoms with Crippen LogP contribution in [0.5, 0.6) is 0 Å². The summed E-state index contributed by atoms with van der Waals surface area (Å²) in [5, 5.41) is 16.5. The standard InChI is InChI=1S/C21H38N6O7/c1-5-10(3)16(24)19(31)25-12(7-8-14(22)28)18(30)27-17(11(4)6-2)20(32)26-13(21(33)34)9-15(23)29/h10-13,16-17H,5-9,24H2,1-4H3,(H2,22,28)(H2,23,29)(H,25,31)(H,26,32)(H,27,30)(H,33,34). The molecule has 0 radical (unpaired) electrons. The highest BCUT2D eigenvalue weighted by atomic mass is 16.4. The van der Waals surface area contributed by atoms with Gasteiger partial charge in [0, 0.05) is 6.42 Å². The molecule has 0 aliphatic carbocycles. The molecule has 0 saturated heterocycles. The molecule has 5 amide bonds. The van der Waals surface area contributed by atoms with E-state index in [-0.39, 0.29) is 18.8 Å². The van der Waals surface area contributed by atoms with Crippen LogP contribution in [0.25, 0.3) is 0 Å². The molecule has 34 heavy (non-hydrogen) atoms. The lowest BCUT2D eigenvalue weighted by Crippen LogP contribution is -2.59. The topological polar surface area (TPSA) is 237 Å². The van der Waals surface area contributed by atoms with Crippen LogP contribution in [0.3, 0.4) is 0 Å². The maximum atomic E-state index is 13.0. The summed E-state index contributed by atoms with van der Waals surface area (Å²) in [4.78, 5) is 72.1. The Labute approximate surface area is 198 Å².